The van der Waals surface area contributed by atoms with E-state index in [9.17, 15) is 9.59 Å². The Morgan fingerprint density at radius 1 is 0.955 bits per heavy atom. The number of carbonyl (C=O) groups is 2. The van der Waals surface area contributed by atoms with Gasteiger partial charge in [0.15, 0.2) is 0 Å². The van der Waals surface area contributed by atoms with Crippen LogP contribution in [0.4, 0.5) is 5.69 Å². The van der Waals surface area contributed by atoms with E-state index >= 15 is 0 Å². The van der Waals surface area contributed by atoms with Gasteiger partial charge in [-0.3, -0.25) is 9.59 Å². The van der Waals surface area contributed by atoms with Crippen molar-refractivity contribution in [1.29, 1.82) is 0 Å². The molecule has 3 aromatic rings. The van der Waals surface area contributed by atoms with Crippen LogP contribution in [0.1, 0.15) is 60.2 Å². The average Bonchev–Trinajstić information content (AvgIpc) is 3.23. The first-order chi connectivity index (χ1) is 20.7. The first-order valence-electron chi connectivity index (χ1n) is 14.9. The van der Waals surface area contributed by atoms with Crippen LogP contribution in [0.2, 0.25) is 10.0 Å². The second-order valence-electron chi connectivity index (χ2n) is 11.3. The standard InChI is InChI=1S/C34H39Cl2N3O4.ClH/c1-5-38(18-17-37-15-7-6-8-16-37)32(40)23-10-13-29(36)27(19-23)34(2)28-20-25(35)11-14-30(28)39(33(34)41)22-24-9-12-26(42-3)21-31(24)43-4;/h9-14,19-21H,5-8,15-18,22H2,1-4H3;1H. The summed E-state index contributed by atoms with van der Waals surface area (Å²) in [5, 5.41) is 0.929. The number of methoxy groups -OCH3 is 2. The van der Waals surface area contributed by atoms with Crippen molar-refractivity contribution in [3.05, 3.63) is 86.9 Å². The third-order valence-electron chi connectivity index (χ3n) is 8.84. The van der Waals surface area contributed by atoms with E-state index in [0.29, 0.717) is 45.8 Å². The van der Waals surface area contributed by atoms with Crippen LogP contribution in [0.15, 0.2) is 54.6 Å². The molecule has 44 heavy (non-hydrogen) atoms. The molecule has 2 aliphatic rings. The number of likely N-dealkylation sites (N-methyl/N-ethyl adjacent to an activating group) is 1. The molecule has 0 aromatic heterocycles. The van der Waals surface area contributed by atoms with Crippen LogP contribution in [0, 0.1) is 0 Å². The van der Waals surface area contributed by atoms with Gasteiger partial charge in [0.05, 0.1) is 20.8 Å². The van der Waals surface area contributed by atoms with Crippen molar-refractivity contribution < 1.29 is 19.1 Å². The van der Waals surface area contributed by atoms with Crippen molar-refractivity contribution in [2.24, 2.45) is 0 Å². The number of benzene rings is 3. The number of amides is 2. The lowest BCUT2D eigenvalue weighted by Crippen LogP contribution is -2.41. The molecule has 0 aliphatic carbocycles. The Morgan fingerprint density at radius 3 is 2.39 bits per heavy atom. The molecule has 5 rings (SSSR count). The minimum atomic E-state index is -1.17. The van der Waals surface area contributed by atoms with E-state index < -0.39 is 5.41 Å². The highest BCUT2D eigenvalue weighted by atomic mass is 35.5. The van der Waals surface area contributed by atoms with Gasteiger partial charge in [-0.1, -0.05) is 29.6 Å². The Balaban J connectivity index is 0.00000442. The van der Waals surface area contributed by atoms with E-state index in [-0.39, 0.29) is 30.8 Å². The third kappa shape index (κ3) is 6.52. The Labute approximate surface area is 276 Å². The number of rotatable bonds is 10. The van der Waals surface area contributed by atoms with E-state index in [4.69, 9.17) is 32.7 Å². The van der Waals surface area contributed by atoms with Crippen molar-refractivity contribution in [3.63, 3.8) is 0 Å². The van der Waals surface area contributed by atoms with Gasteiger partial charge in [0.25, 0.3) is 5.91 Å². The Kier molecular flexibility index (Phi) is 11.1. The van der Waals surface area contributed by atoms with Gasteiger partial charge in [0.1, 0.15) is 16.9 Å². The SMILES string of the molecule is CCN(CCN1CCCCC1)C(=O)c1ccc(Cl)c(C2(C)C(=O)N(Cc3ccc(OC)cc3OC)c3ccc(Cl)cc32)c1.Cl. The second kappa shape index (κ2) is 14.4. The van der Waals surface area contributed by atoms with Gasteiger partial charge >= 0.3 is 0 Å². The van der Waals surface area contributed by atoms with Crippen LogP contribution in [-0.2, 0) is 16.8 Å². The number of piperidine rings is 1. The molecular weight excluding hydrogens is 621 g/mol. The lowest BCUT2D eigenvalue weighted by atomic mass is 9.76. The molecule has 2 aliphatic heterocycles. The number of anilines is 1. The van der Waals surface area contributed by atoms with E-state index in [0.717, 1.165) is 36.4 Å². The maximum absolute atomic E-state index is 14.5. The summed E-state index contributed by atoms with van der Waals surface area (Å²) in [6.45, 7) is 8.39. The zero-order valence-electron chi connectivity index (χ0n) is 25.7. The molecular formula is C34H40Cl3N3O4. The van der Waals surface area contributed by atoms with E-state index in [1.54, 1.807) is 49.5 Å². The van der Waals surface area contributed by atoms with Gasteiger partial charge in [-0.2, -0.15) is 0 Å². The Bertz CT molecular complexity index is 1510. The largest absolute Gasteiger partial charge is 0.497 e. The molecule has 0 spiro atoms. The van der Waals surface area contributed by atoms with Gasteiger partial charge in [0, 0.05) is 52.6 Å². The van der Waals surface area contributed by atoms with Crippen molar-refractivity contribution in [3.8, 4) is 11.5 Å². The van der Waals surface area contributed by atoms with Crippen LogP contribution < -0.4 is 14.4 Å². The summed E-state index contributed by atoms with van der Waals surface area (Å²) in [5.41, 5.74) is 2.21. The van der Waals surface area contributed by atoms with E-state index in [1.807, 2.05) is 43.0 Å². The average molecular weight is 661 g/mol. The summed E-state index contributed by atoms with van der Waals surface area (Å²) in [5.74, 6) is 1.05. The maximum Gasteiger partial charge on any atom is 0.253 e. The summed E-state index contributed by atoms with van der Waals surface area (Å²) in [6.07, 6.45) is 3.69. The molecule has 0 N–H and O–H groups in total. The highest BCUT2D eigenvalue weighted by Gasteiger charge is 2.50. The molecule has 1 unspecified atom stereocenters. The zero-order chi connectivity index (χ0) is 30.7. The number of halogens is 3. The zero-order valence-corrected chi connectivity index (χ0v) is 28.0. The summed E-state index contributed by atoms with van der Waals surface area (Å²) in [4.78, 5) is 34.3. The van der Waals surface area contributed by atoms with Crippen LogP contribution in [0.5, 0.6) is 11.5 Å². The number of hydrogen-bond acceptors (Lipinski definition) is 5. The predicted molar refractivity (Wildman–Crippen MR) is 179 cm³/mol. The van der Waals surface area contributed by atoms with Crippen LogP contribution >= 0.6 is 35.6 Å². The molecule has 0 saturated carbocycles. The molecule has 1 fully saturated rings. The summed E-state index contributed by atoms with van der Waals surface area (Å²) in [6, 6.07) is 16.3. The summed E-state index contributed by atoms with van der Waals surface area (Å²) in [7, 11) is 3.19. The summed E-state index contributed by atoms with van der Waals surface area (Å²) >= 11 is 13.3. The molecule has 7 nitrogen and oxygen atoms in total. The molecule has 236 valence electrons. The third-order valence-corrected chi connectivity index (χ3v) is 9.40. The fourth-order valence-corrected chi connectivity index (χ4v) is 6.76. The predicted octanol–water partition coefficient (Wildman–Crippen LogP) is 7.23. The normalized spacial score (nSPS) is 18.0. The van der Waals surface area contributed by atoms with Crippen LogP contribution in [0.3, 0.4) is 0 Å². The fraction of sp³-hybridized carbons (Fsp3) is 0.412. The number of likely N-dealkylation sites (tertiary alicyclic amines) is 1. The Morgan fingerprint density at radius 2 is 1.70 bits per heavy atom. The maximum atomic E-state index is 14.5. The molecule has 0 radical (unpaired) electrons. The number of carbonyl (C=O) groups excluding carboxylic acids is 2. The highest BCUT2D eigenvalue weighted by molar-refractivity contribution is 6.33. The van der Waals surface area contributed by atoms with Crippen molar-refractivity contribution in [1.82, 2.24) is 9.80 Å². The van der Waals surface area contributed by atoms with Crippen LogP contribution in [-0.4, -0.2) is 68.6 Å². The monoisotopic (exact) mass is 659 g/mol. The van der Waals surface area contributed by atoms with Gasteiger partial charge in [-0.05, 0) is 99.4 Å². The molecule has 0 bridgehead atoms. The molecule has 2 amide bonds. The number of fused-ring (bicyclic) bond motifs is 1. The highest BCUT2D eigenvalue weighted by Crippen LogP contribution is 2.49. The number of ether oxygens (including phenoxy) is 2. The molecule has 3 aromatic carbocycles. The smallest absolute Gasteiger partial charge is 0.253 e. The van der Waals surface area contributed by atoms with Crippen molar-refractivity contribution in [2.45, 2.75) is 45.1 Å². The van der Waals surface area contributed by atoms with Gasteiger partial charge < -0.3 is 24.2 Å². The number of nitrogens with zero attached hydrogens (tertiary/aromatic N) is 3. The minimum absolute atomic E-state index is 0. The van der Waals surface area contributed by atoms with Gasteiger partial charge in [-0.25, -0.2) is 0 Å². The second-order valence-corrected chi connectivity index (χ2v) is 12.2. The van der Waals surface area contributed by atoms with Crippen molar-refractivity contribution in [2.75, 3.05) is 51.8 Å². The fourth-order valence-electron chi connectivity index (χ4n) is 6.28. The first-order valence-corrected chi connectivity index (χ1v) is 15.6. The van der Waals surface area contributed by atoms with E-state index in [1.165, 1.54) is 19.3 Å². The minimum Gasteiger partial charge on any atom is -0.497 e. The van der Waals surface area contributed by atoms with Gasteiger partial charge in [0.2, 0.25) is 5.91 Å². The Hall–Kier alpha value is -2.97. The molecule has 2 heterocycles. The van der Waals surface area contributed by atoms with Gasteiger partial charge in [-0.15, -0.1) is 12.4 Å². The molecule has 1 atom stereocenters. The lowest BCUT2D eigenvalue weighted by Gasteiger charge is -2.30. The quantitative estimate of drug-likeness (QED) is 0.230. The van der Waals surface area contributed by atoms with Crippen LogP contribution in [0.25, 0.3) is 0 Å². The molecule has 10 heteroatoms. The first kappa shape index (κ1) is 33.9. The van der Waals surface area contributed by atoms with Crippen molar-refractivity contribution >= 4 is 53.1 Å². The summed E-state index contributed by atoms with van der Waals surface area (Å²) < 4.78 is 11.0. The lowest BCUT2D eigenvalue weighted by molar-refractivity contribution is -0.121. The number of hydrogen-bond donors (Lipinski definition) is 0. The molecule has 1 saturated heterocycles. The van der Waals surface area contributed by atoms with E-state index in [2.05, 4.69) is 4.90 Å². The topological polar surface area (TPSA) is 62.3 Å².